The first-order chi connectivity index (χ1) is 13.2. The molecule has 6 heteroatoms. The first-order valence-electron chi connectivity index (χ1n) is 10.2. The van der Waals surface area contributed by atoms with Crippen molar-refractivity contribution in [1.29, 1.82) is 0 Å². The zero-order chi connectivity index (χ0) is 18.4. The van der Waals surface area contributed by atoms with Crippen LogP contribution in [0.25, 0.3) is 17.0 Å². The molecule has 3 N–H and O–H groups in total. The van der Waals surface area contributed by atoms with Crippen LogP contribution in [0.3, 0.4) is 0 Å². The molecule has 0 atom stereocenters. The smallest absolute Gasteiger partial charge is 0.277 e. The van der Waals surface area contributed by atoms with Crippen LogP contribution in [0, 0.1) is 12.8 Å². The maximum Gasteiger partial charge on any atom is 0.277 e. The number of H-pyrrole nitrogens is 2. The van der Waals surface area contributed by atoms with E-state index in [0.717, 1.165) is 54.1 Å². The molecule has 1 aliphatic carbocycles. The summed E-state index contributed by atoms with van der Waals surface area (Å²) in [5, 5.41) is 6.81. The van der Waals surface area contributed by atoms with Gasteiger partial charge in [-0.15, -0.1) is 0 Å². The molecular weight excluding hydrogens is 338 g/mol. The summed E-state index contributed by atoms with van der Waals surface area (Å²) in [6, 6.07) is 6.11. The molecule has 3 aromatic rings. The van der Waals surface area contributed by atoms with Gasteiger partial charge in [0.05, 0.1) is 11.0 Å². The third-order valence-corrected chi connectivity index (χ3v) is 6.10. The monoisotopic (exact) mass is 365 g/mol. The molecule has 0 spiro atoms. The molecule has 0 unspecified atom stereocenters. The van der Waals surface area contributed by atoms with Crippen molar-refractivity contribution in [2.75, 3.05) is 13.1 Å². The third kappa shape index (κ3) is 3.23. The second-order valence-electron chi connectivity index (χ2n) is 8.23. The molecule has 1 saturated heterocycles. The highest BCUT2D eigenvalue weighted by atomic mass is 16.1. The Labute approximate surface area is 158 Å². The number of nitrogens with one attached hydrogen (secondary N) is 3. The van der Waals surface area contributed by atoms with Crippen LogP contribution >= 0.6 is 0 Å². The predicted octanol–water partition coefficient (Wildman–Crippen LogP) is 3.16. The number of hydrogen-bond acceptors (Lipinski definition) is 3. The van der Waals surface area contributed by atoms with E-state index in [1.54, 1.807) is 4.68 Å². The molecule has 2 aromatic heterocycles. The van der Waals surface area contributed by atoms with Gasteiger partial charge in [-0.1, -0.05) is 6.07 Å². The van der Waals surface area contributed by atoms with E-state index in [-0.39, 0.29) is 5.56 Å². The molecule has 3 heterocycles. The summed E-state index contributed by atoms with van der Waals surface area (Å²) in [6.07, 6.45) is 6.78. The fraction of sp³-hybridized carbons (Fsp3) is 0.524. The third-order valence-electron chi connectivity index (χ3n) is 6.10. The average molecular weight is 365 g/mol. The van der Waals surface area contributed by atoms with Gasteiger partial charge < -0.3 is 10.3 Å². The number of rotatable bonds is 5. The summed E-state index contributed by atoms with van der Waals surface area (Å²) < 4.78 is 1.63. The highest BCUT2D eigenvalue weighted by Gasteiger charge is 2.31. The van der Waals surface area contributed by atoms with Crippen LogP contribution in [0.4, 0.5) is 0 Å². The van der Waals surface area contributed by atoms with E-state index in [1.807, 2.05) is 12.1 Å². The molecule has 142 valence electrons. The van der Waals surface area contributed by atoms with Gasteiger partial charge in [0.1, 0.15) is 0 Å². The summed E-state index contributed by atoms with van der Waals surface area (Å²) in [6.45, 7) is 4.27. The van der Waals surface area contributed by atoms with E-state index in [0.29, 0.717) is 11.9 Å². The van der Waals surface area contributed by atoms with E-state index >= 15 is 0 Å². The summed E-state index contributed by atoms with van der Waals surface area (Å²) in [5.41, 5.74) is 5.23. The second-order valence-corrected chi connectivity index (χ2v) is 8.23. The molecule has 6 nitrogen and oxygen atoms in total. The number of imidazole rings is 1. The number of aryl methyl sites for hydroxylation is 1. The molecule has 1 saturated carbocycles. The minimum atomic E-state index is 0.0709. The van der Waals surface area contributed by atoms with Gasteiger partial charge in [0.25, 0.3) is 5.56 Å². The quantitative estimate of drug-likeness (QED) is 0.650. The number of hydrogen-bond donors (Lipinski definition) is 3. The van der Waals surface area contributed by atoms with Crippen LogP contribution in [0.5, 0.6) is 0 Å². The molecule has 0 amide bonds. The van der Waals surface area contributed by atoms with E-state index in [1.165, 1.54) is 31.2 Å². The van der Waals surface area contributed by atoms with Gasteiger partial charge in [0.15, 0.2) is 0 Å². The maximum absolute atomic E-state index is 13.2. The summed E-state index contributed by atoms with van der Waals surface area (Å²) in [7, 11) is 0. The second kappa shape index (κ2) is 6.68. The van der Waals surface area contributed by atoms with E-state index in [4.69, 9.17) is 0 Å². The van der Waals surface area contributed by atoms with E-state index < -0.39 is 0 Å². The topological polar surface area (TPSA) is 78.5 Å². The lowest BCUT2D eigenvalue weighted by atomic mass is 9.91. The minimum Gasteiger partial charge on any atom is -0.322 e. The highest BCUT2D eigenvalue weighted by molar-refractivity contribution is 5.76. The zero-order valence-corrected chi connectivity index (χ0v) is 15.8. The largest absolute Gasteiger partial charge is 0.322 e. The SMILES string of the molecule is Cc1ccc2nc(-n3[nH]c(C4CC4)c(CCC4CCNCC4)c3=O)[nH]c2c1. The van der Waals surface area contributed by atoms with E-state index in [2.05, 4.69) is 33.4 Å². The molecule has 27 heavy (non-hydrogen) atoms. The van der Waals surface area contributed by atoms with Gasteiger partial charge in [0, 0.05) is 17.2 Å². The molecule has 1 aliphatic heterocycles. The highest BCUT2D eigenvalue weighted by Crippen LogP contribution is 2.40. The fourth-order valence-electron chi connectivity index (χ4n) is 4.32. The average Bonchev–Trinajstić information content (AvgIpc) is 3.35. The Morgan fingerprint density at radius 2 is 2.00 bits per heavy atom. The van der Waals surface area contributed by atoms with Crippen LogP contribution in [-0.2, 0) is 6.42 Å². The van der Waals surface area contributed by atoms with Crippen molar-refractivity contribution in [3.05, 3.63) is 45.4 Å². The molecular formula is C21H27N5O. The molecule has 2 fully saturated rings. The Kier molecular flexibility index (Phi) is 4.16. The summed E-state index contributed by atoms with van der Waals surface area (Å²) in [4.78, 5) is 21.1. The zero-order valence-electron chi connectivity index (χ0n) is 15.8. The Morgan fingerprint density at radius 1 is 1.19 bits per heavy atom. The van der Waals surface area contributed by atoms with Gasteiger partial charge in [-0.2, -0.15) is 4.68 Å². The minimum absolute atomic E-state index is 0.0709. The number of nitrogens with zero attached hydrogens (tertiary/aromatic N) is 2. The Hall–Kier alpha value is -2.34. The standard InChI is InChI=1S/C21H27N5O/c1-13-2-7-17-18(12-13)24-21(23-17)26-20(27)16(19(25-26)15-4-5-15)6-3-14-8-10-22-11-9-14/h2,7,12,14-15,22,25H,3-6,8-11H2,1H3,(H,23,24). The van der Waals surface area contributed by atoms with Crippen molar-refractivity contribution in [2.24, 2.45) is 5.92 Å². The number of aromatic nitrogens is 4. The number of aromatic amines is 2. The van der Waals surface area contributed by atoms with Crippen LogP contribution < -0.4 is 10.9 Å². The normalized spacial score (nSPS) is 18.4. The predicted molar refractivity (Wildman–Crippen MR) is 107 cm³/mol. The van der Waals surface area contributed by atoms with Crippen molar-refractivity contribution in [3.8, 4) is 5.95 Å². The molecule has 2 aliphatic rings. The van der Waals surface area contributed by atoms with Gasteiger partial charge in [-0.05, 0) is 82.2 Å². The van der Waals surface area contributed by atoms with Gasteiger partial charge in [-0.3, -0.25) is 9.89 Å². The van der Waals surface area contributed by atoms with Crippen molar-refractivity contribution < 1.29 is 0 Å². The van der Waals surface area contributed by atoms with Gasteiger partial charge in [-0.25, -0.2) is 4.98 Å². The van der Waals surface area contributed by atoms with Gasteiger partial charge in [0.2, 0.25) is 5.95 Å². The molecule has 0 bridgehead atoms. The van der Waals surface area contributed by atoms with Crippen LogP contribution in [0.1, 0.15) is 54.8 Å². The molecule has 0 radical (unpaired) electrons. The number of fused-ring (bicyclic) bond motifs is 1. The Morgan fingerprint density at radius 3 is 2.78 bits per heavy atom. The Bertz CT molecular complexity index is 1020. The Balaban J connectivity index is 1.48. The lowest BCUT2D eigenvalue weighted by molar-refractivity contribution is 0.354. The maximum atomic E-state index is 13.2. The molecule has 5 rings (SSSR count). The first-order valence-corrected chi connectivity index (χ1v) is 10.2. The van der Waals surface area contributed by atoms with Crippen LogP contribution in [0.2, 0.25) is 0 Å². The van der Waals surface area contributed by atoms with Crippen LogP contribution in [0.15, 0.2) is 23.0 Å². The van der Waals surface area contributed by atoms with Crippen molar-refractivity contribution in [2.45, 2.75) is 51.4 Å². The lowest BCUT2D eigenvalue weighted by Gasteiger charge is -2.22. The van der Waals surface area contributed by atoms with Crippen molar-refractivity contribution >= 4 is 11.0 Å². The summed E-state index contributed by atoms with van der Waals surface area (Å²) >= 11 is 0. The van der Waals surface area contributed by atoms with Crippen LogP contribution in [-0.4, -0.2) is 32.8 Å². The first kappa shape index (κ1) is 16.8. The fourth-order valence-corrected chi connectivity index (χ4v) is 4.32. The van der Waals surface area contributed by atoms with E-state index in [9.17, 15) is 4.79 Å². The summed E-state index contributed by atoms with van der Waals surface area (Å²) in [5.74, 6) is 1.85. The van der Waals surface area contributed by atoms with Gasteiger partial charge >= 0.3 is 0 Å². The number of benzene rings is 1. The lowest BCUT2D eigenvalue weighted by Crippen LogP contribution is -2.28. The van der Waals surface area contributed by atoms with Crippen molar-refractivity contribution in [1.82, 2.24) is 25.1 Å². The number of piperidine rings is 1. The van der Waals surface area contributed by atoms with Crippen molar-refractivity contribution in [3.63, 3.8) is 0 Å². The molecule has 1 aromatic carbocycles.